The predicted octanol–water partition coefficient (Wildman–Crippen LogP) is 4.18. The summed E-state index contributed by atoms with van der Waals surface area (Å²) in [4.78, 5) is 17.7. The first-order chi connectivity index (χ1) is 13.5. The lowest BCUT2D eigenvalue weighted by Crippen LogP contribution is -2.16. The van der Waals surface area contributed by atoms with Crippen molar-refractivity contribution < 1.29 is 14.6 Å². The largest absolute Gasteiger partial charge is 0.508 e. The Morgan fingerprint density at radius 1 is 1.11 bits per heavy atom. The molecule has 0 aliphatic carbocycles. The number of amides is 1. The quantitative estimate of drug-likeness (QED) is 0.535. The molecule has 144 valence electrons. The van der Waals surface area contributed by atoms with E-state index < -0.39 is 0 Å². The van der Waals surface area contributed by atoms with Crippen molar-refractivity contribution in [2.45, 2.75) is 6.92 Å². The van der Waals surface area contributed by atoms with Crippen LogP contribution >= 0.6 is 0 Å². The maximum Gasteiger partial charge on any atom is 0.218 e. The number of phenolic OH excluding ortho intramolecular Hbond substituents is 1. The molecule has 2 aromatic carbocycles. The molecule has 1 heterocycles. The van der Waals surface area contributed by atoms with E-state index in [2.05, 4.69) is 15.6 Å². The van der Waals surface area contributed by atoms with Crippen molar-refractivity contribution in [2.24, 2.45) is 0 Å². The average Bonchev–Trinajstić information content (AvgIpc) is 2.71. The molecule has 0 aliphatic heterocycles. The summed E-state index contributed by atoms with van der Waals surface area (Å²) in [6.45, 7) is 1.97. The summed E-state index contributed by atoms with van der Waals surface area (Å²) in [5.74, 6) is 1.50. The van der Waals surface area contributed by atoms with Crippen LogP contribution in [0.2, 0.25) is 0 Å². The fraction of sp³-hybridized carbons (Fsp3) is 0.143. The van der Waals surface area contributed by atoms with Crippen LogP contribution in [-0.2, 0) is 4.79 Å². The second-order valence-electron chi connectivity index (χ2n) is 6.13. The number of carbonyl (C=O) groups excluding carboxylic acids is 1. The molecule has 0 atom stereocenters. The second kappa shape index (κ2) is 8.30. The van der Waals surface area contributed by atoms with Gasteiger partial charge in [-0.1, -0.05) is 0 Å². The van der Waals surface area contributed by atoms with Gasteiger partial charge in [-0.15, -0.1) is 0 Å². The zero-order valence-corrected chi connectivity index (χ0v) is 15.9. The number of pyridine rings is 1. The highest BCUT2D eigenvalue weighted by molar-refractivity contribution is 5.92. The number of anilines is 5. The number of ether oxygens (including phenoxy) is 1. The topological polar surface area (TPSA) is 86.7 Å². The van der Waals surface area contributed by atoms with Crippen molar-refractivity contribution in [3.8, 4) is 11.5 Å². The molecule has 0 spiro atoms. The normalized spacial score (nSPS) is 10.2. The zero-order chi connectivity index (χ0) is 20.1. The van der Waals surface area contributed by atoms with Gasteiger partial charge in [0, 0.05) is 24.5 Å². The number of nitrogens with zero attached hydrogens (tertiary/aromatic N) is 2. The Bertz CT molecular complexity index is 974. The third-order valence-corrected chi connectivity index (χ3v) is 4.34. The van der Waals surface area contributed by atoms with Crippen molar-refractivity contribution >= 4 is 35.0 Å². The van der Waals surface area contributed by atoms with E-state index in [0.717, 1.165) is 23.4 Å². The van der Waals surface area contributed by atoms with E-state index in [9.17, 15) is 9.90 Å². The van der Waals surface area contributed by atoms with Crippen LogP contribution in [-0.4, -0.2) is 30.7 Å². The Balaban J connectivity index is 1.97. The van der Waals surface area contributed by atoms with Crippen LogP contribution in [0.5, 0.6) is 11.5 Å². The van der Waals surface area contributed by atoms with Gasteiger partial charge in [-0.2, -0.15) is 0 Å². The Kier molecular flexibility index (Phi) is 5.64. The number of nitrogens with one attached hydrogen (secondary N) is 2. The molecular formula is C21H22N4O3. The van der Waals surface area contributed by atoms with E-state index in [-0.39, 0.29) is 5.75 Å². The van der Waals surface area contributed by atoms with Crippen LogP contribution in [0.4, 0.5) is 28.6 Å². The maximum atomic E-state index is 11.8. The predicted molar refractivity (Wildman–Crippen MR) is 111 cm³/mol. The van der Waals surface area contributed by atoms with Crippen molar-refractivity contribution in [2.75, 3.05) is 29.7 Å². The van der Waals surface area contributed by atoms with E-state index >= 15 is 0 Å². The molecule has 7 nitrogen and oxygen atoms in total. The van der Waals surface area contributed by atoms with Crippen LogP contribution < -0.4 is 20.3 Å². The van der Waals surface area contributed by atoms with E-state index in [1.54, 1.807) is 38.6 Å². The highest BCUT2D eigenvalue weighted by Crippen LogP contribution is 2.34. The highest BCUT2D eigenvalue weighted by Gasteiger charge is 2.15. The van der Waals surface area contributed by atoms with E-state index in [0.29, 0.717) is 22.9 Å². The minimum atomic E-state index is 0.135. The first-order valence-electron chi connectivity index (χ1n) is 8.68. The van der Waals surface area contributed by atoms with Crippen LogP contribution in [0.25, 0.3) is 0 Å². The first kappa shape index (κ1) is 19.0. The summed E-state index contributed by atoms with van der Waals surface area (Å²) in [6, 6.07) is 13.9. The van der Waals surface area contributed by atoms with Crippen LogP contribution in [0.15, 0.2) is 54.7 Å². The Morgan fingerprint density at radius 2 is 1.86 bits per heavy atom. The lowest BCUT2D eigenvalue weighted by Gasteiger charge is -2.22. The molecule has 0 radical (unpaired) electrons. The standard InChI is InChI=1S/C21H22N4O3/c1-14-10-17(28-3)8-9-18(14)24-21-11-20(19(22-2)12-23-21)25(13-26)15-4-6-16(27)7-5-15/h4-13,22,27H,1-3H3,(H,23,24). The van der Waals surface area contributed by atoms with Gasteiger partial charge in [0.25, 0.3) is 0 Å². The summed E-state index contributed by atoms with van der Waals surface area (Å²) in [5, 5.41) is 15.8. The molecule has 0 saturated heterocycles. The number of rotatable bonds is 7. The molecule has 1 amide bonds. The smallest absolute Gasteiger partial charge is 0.218 e. The molecule has 3 aromatic rings. The number of aromatic hydroxyl groups is 1. The zero-order valence-electron chi connectivity index (χ0n) is 15.9. The Hall–Kier alpha value is -3.74. The number of methoxy groups -OCH3 is 1. The summed E-state index contributed by atoms with van der Waals surface area (Å²) in [7, 11) is 3.39. The molecule has 0 fully saturated rings. The van der Waals surface area contributed by atoms with E-state index in [1.165, 1.54) is 17.0 Å². The number of carbonyl (C=O) groups is 1. The van der Waals surface area contributed by atoms with Gasteiger partial charge in [-0.25, -0.2) is 4.98 Å². The van der Waals surface area contributed by atoms with Crippen molar-refractivity contribution in [3.05, 3.63) is 60.3 Å². The number of aromatic nitrogens is 1. The van der Waals surface area contributed by atoms with E-state index in [1.807, 2.05) is 25.1 Å². The highest BCUT2D eigenvalue weighted by atomic mass is 16.5. The Labute approximate surface area is 163 Å². The van der Waals surface area contributed by atoms with Crippen molar-refractivity contribution in [1.82, 2.24) is 4.98 Å². The number of hydrogen-bond acceptors (Lipinski definition) is 6. The minimum Gasteiger partial charge on any atom is -0.508 e. The second-order valence-corrected chi connectivity index (χ2v) is 6.13. The van der Waals surface area contributed by atoms with Crippen LogP contribution in [0, 0.1) is 6.92 Å². The maximum absolute atomic E-state index is 11.8. The molecule has 0 bridgehead atoms. The van der Waals surface area contributed by atoms with E-state index in [4.69, 9.17) is 4.74 Å². The van der Waals surface area contributed by atoms with Crippen LogP contribution in [0.3, 0.4) is 0 Å². The SMILES string of the molecule is CNc1cnc(Nc2ccc(OC)cc2C)cc1N(C=O)c1ccc(O)cc1. The molecule has 28 heavy (non-hydrogen) atoms. The third kappa shape index (κ3) is 3.98. The average molecular weight is 378 g/mol. The fourth-order valence-electron chi connectivity index (χ4n) is 2.82. The number of phenols is 1. The number of hydrogen-bond donors (Lipinski definition) is 3. The van der Waals surface area contributed by atoms with Gasteiger partial charge < -0.3 is 20.5 Å². The molecule has 0 saturated carbocycles. The van der Waals surface area contributed by atoms with Gasteiger partial charge in [0.1, 0.15) is 17.3 Å². The monoisotopic (exact) mass is 378 g/mol. The summed E-state index contributed by atoms with van der Waals surface area (Å²) >= 11 is 0. The minimum absolute atomic E-state index is 0.135. The lowest BCUT2D eigenvalue weighted by molar-refractivity contribution is -0.106. The van der Waals surface area contributed by atoms with Gasteiger partial charge in [0.15, 0.2) is 0 Å². The molecule has 3 N–H and O–H groups in total. The Morgan fingerprint density at radius 3 is 2.46 bits per heavy atom. The molecular weight excluding hydrogens is 356 g/mol. The van der Waals surface area contributed by atoms with Gasteiger partial charge in [-0.3, -0.25) is 9.69 Å². The van der Waals surface area contributed by atoms with Crippen LogP contribution in [0.1, 0.15) is 5.56 Å². The molecule has 0 unspecified atom stereocenters. The first-order valence-corrected chi connectivity index (χ1v) is 8.68. The molecule has 7 heteroatoms. The molecule has 0 aliphatic rings. The third-order valence-electron chi connectivity index (χ3n) is 4.34. The molecule has 3 rings (SSSR count). The summed E-state index contributed by atoms with van der Waals surface area (Å²) in [6.07, 6.45) is 2.39. The van der Waals surface area contributed by atoms with Gasteiger partial charge in [0.05, 0.1) is 24.7 Å². The summed E-state index contributed by atoms with van der Waals surface area (Å²) in [5.41, 5.74) is 3.84. The van der Waals surface area contributed by atoms with Gasteiger partial charge in [0.2, 0.25) is 6.41 Å². The fourth-order valence-corrected chi connectivity index (χ4v) is 2.82. The van der Waals surface area contributed by atoms with Crippen molar-refractivity contribution in [3.63, 3.8) is 0 Å². The van der Waals surface area contributed by atoms with Gasteiger partial charge >= 0.3 is 0 Å². The number of benzene rings is 2. The lowest BCUT2D eigenvalue weighted by atomic mass is 10.2. The number of aryl methyl sites for hydroxylation is 1. The molecule has 1 aromatic heterocycles. The summed E-state index contributed by atoms with van der Waals surface area (Å²) < 4.78 is 5.24. The van der Waals surface area contributed by atoms with Gasteiger partial charge in [-0.05, 0) is 55.0 Å². The van der Waals surface area contributed by atoms with Crippen molar-refractivity contribution in [1.29, 1.82) is 0 Å².